The number of hydrogen-bond acceptors (Lipinski definition) is 2. The number of nitrogens with zero attached hydrogens (tertiary/aromatic N) is 1. The van der Waals surface area contributed by atoms with Gasteiger partial charge in [-0.3, -0.25) is 9.78 Å². The second-order valence-corrected chi connectivity index (χ2v) is 5.36. The van der Waals surface area contributed by atoms with Crippen LogP contribution in [0.5, 0.6) is 0 Å². The average molecular weight is 380 g/mol. The zero-order chi connectivity index (χ0) is 15.6. The van der Waals surface area contributed by atoms with Crippen molar-refractivity contribution in [3.05, 3.63) is 57.3 Å². The van der Waals surface area contributed by atoms with Gasteiger partial charge in [0.25, 0.3) is 5.91 Å². The van der Waals surface area contributed by atoms with Crippen LogP contribution in [-0.2, 0) is 6.18 Å². The van der Waals surface area contributed by atoms with Gasteiger partial charge in [0.05, 0.1) is 21.8 Å². The maximum Gasteiger partial charge on any atom is 0.416 e. The highest BCUT2D eigenvalue weighted by atomic mass is 79.9. The lowest BCUT2D eigenvalue weighted by Crippen LogP contribution is -2.13. The molecular weight excluding hydrogens is 373 g/mol. The lowest BCUT2D eigenvalue weighted by Gasteiger charge is -2.11. The Balaban J connectivity index is 2.22. The van der Waals surface area contributed by atoms with Crippen molar-refractivity contribution in [2.45, 2.75) is 6.18 Å². The number of carbonyl (C=O) groups is 1. The second-order valence-electron chi connectivity index (χ2n) is 4.04. The van der Waals surface area contributed by atoms with E-state index in [2.05, 4.69) is 26.2 Å². The van der Waals surface area contributed by atoms with Crippen LogP contribution in [0, 0.1) is 0 Å². The van der Waals surface area contributed by atoms with E-state index >= 15 is 0 Å². The van der Waals surface area contributed by atoms with E-state index in [1.807, 2.05) is 0 Å². The summed E-state index contributed by atoms with van der Waals surface area (Å²) < 4.78 is 38.1. The first kappa shape index (κ1) is 15.8. The summed E-state index contributed by atoms with van der Waals surface area (Å²) in [5, 5.41) is 2.24. The summed E-state index contributed by atoms with van der Waals surface area (Å²) in [6.45, 7) is 0. The van der Waals surface area contributed by atoms with Gasteiger partial charge in [-0.25, -0.2) is 0 Å². The molecule has 1 aromatic carbocycles. The molecule has 0 aliphatic carbocycles. The molecule has 1 N–H and O–H groups in total. The number of nitrogens with one attached hydrogen (secondary N) is 1. The highest BCUT2D eigenvalue weighted by molar-refractivity contribution is 9.10. The smallest absolute Gasteiger partial charge is 0.321 e. The molecule has 0 aliphatic rings. The van der Waals surface area contributed by atoms with Crippen LogP contribution in [0.2, 0.25) is 5.02 Å². The van der Waals surface area contributed by atoms with E-state index in [1.54, 1.807) is 0 Å². The molecule has 1 heterocycles. The van der Waals surface area contributed by atoms with E-state index in [-0.39, 0.29) is 16.3 Å². The number of carbonyl (C=O) groups excluding carboxylic acids is 1. The molecule has 0 bridgehead atoms. The number of halogens is 5. The van der Waals surface area contributed by atoms with E-state index in [0.717, 1.165) is 18.2 Å². The molecule has 0 radical (unpaired) electrons. The van der Waals surface area contributed by atoms with Crippen LogP contribution < -0.4 is 5.32 Å². The minimum absolute atomic E-state index is 0.0923. The zero-order valence-corrected chi connectivity index (χ0v) is 12.6. The first-order valence-electron chi connectivity index (χ1n) is 5.56. The molecule has 0 saturated carbocycles. The number of alkyl halides is 3. The first-order valence-corrected chi connectivity index (χ1v) is 6.73. The molecule has 1 amide bonds. The van der Waals surface area contributed by atoms with Crippen LogP contribution in [0.1, 0.15) is 15.9 Å². The van der Waals surface area contributed by atoms with Crippen LogP contribution in [0.4, 0.5) is 18.9 Å². The number of anilines is 1. The van der Waals surface area contributed by atoms with E-state index in [4.69, 9.17) is 11.6 Å². The number of rotatable bonds is 2. The third-order valence-corrected chi connectivity index (χ3v) is 3.26. The fourth-order valence-corrected chi connectivity index (χ4v) is 2.12. The summed E-state index contributed by atoms with van der Waals surface area (Å²) in [5.74, 6) is -0.523. The van der Waals surface area contributed by atoms with Gasteiger partial charge in [-0.05, 0) is 40.2 Å². The predicted molar refractivity (Wildman–Crippen MR) is 76.3 cm³/mol. The molecule has 8 heteroatoms. The minimum Gasteiger partial charge on any atom is -0.321 e. The highest BCUT2D eigenvalue weighted by Gasteiger charge is 2.31. The maximum atomic E-state index is 12.5. The van der Waals surface area contributed by atoms with E-state index < -0.39 is 17.6 Å². The standard InChI is InChI=1S/C13H7BrClF3N2O/c14-9-3-7(5-19-6-9)12(21)20-11-2-1-8(4-10(11)15)13(16,17)18/h1-6H,(H,20,21). The van der Waals surface area contributed by atoms with Crippen LogP contribution >= 0.6 is 27.5 Å². The summed E-state index contributed by atoms with van der Waals surface area (Å²) >= 11 is 8.93. The van der Waals surface area contributed by atoms with Gasteiger partial charge in [-0.2, -0.15) is 13.2 Å². The minimum atomic E-state index is -4.49. The molecule has 2 rings (SSSR count). The molecule has 0 aliphatic heterocycles. The summed E-state index contributed by atoms with van der Waals surface area (Å²) in [6.07, 6.45) is -1.65. The highest BCUT2D eigenvalue weighted by Crippen LogP contribution is 2.33. The molecule has 0 atom stereocenters. The van der Waals surface area contributed by atoms with Gasteiger partial charge in [0, 0.05) is 16.9 Å². The Hall–Kier alpha value is -1.60. The molecule has 0 spiro atoms. The van der Waals surface area contributed by atoms with Crippen LogP contribution in [0.15, 0.2) is 41.1 Å². The molecular formula is C13H7BrClF3N2O. The average Bonchev–Trinajstić information content (AvgIpc) is 2.39. The van der Waals surface area contributed by atoms with Crippen molar-refractivity contribution < 1.29 is 18.0 Å². The van der Waals surface area contributed by atoms with Gasteiger partial charge in [-0.1, -0.05) is 11.6 Å². The molecule has 2 aromatic rings. The third kappa shape index (κ3) is 3.95. The quantitative estimate of drug-likeness (QED) is 0.817. The van der Waals surface area contributed by atoms with Crippen molar-refractivity contribution in [1.82, 2.24) is 4.98 Å². The van der Waals surface area contributed by atoms with Crippen molar-refractivity contribution in [3.63, 3.8) is 0 Å². The van der Waals surface area contributed by atoms with Crippen molar-refractivity contribution in [1.29, 1.82) is 0 Å². The summed E-state index contributed by atoms with van der Waals surface area (Å²) in [5.41, 5.74) is -0.537. The van der Waals surface area contributed by atoms with Crippen molar-refractivity contribution in [2.75, 3.05) is 5.32 Å². The Bertz CT molecular complexity index is 691. The fraction of sp³-hybridized carbons (Fsp3) is 0.0769. The largest absolute Gasteiger partial charge is 0.416 e. The second kappa shape index (κ2) is 6.03. The number of benzene rings is 1. The molecule has 0 fully saturated rings. The van der Waals surface area contributed by atoms with Gasteiger partial charge >= 0.3 is 6.18 Å². The zero-order valence-electron chi connectivity index (χ0n) is 10.2. The predicted octanol–water partition coefficient (Wildman–Crippen LogP) is 4.77. The lowest BCUT2D eigenvalue weighted by atomic mass is 10.2. The van der Waals surface area contributed by atoms with E-state index in [1.165, 1.54) is 18.5 Å². The summed E-state index contributed by atoms with van der Waals surface area (Å²) in [7, 11) is 0. The molecule has 1 aromatic heterocycles. The summed E-state index contributed by atoms with van der Waals surface area (Å²) in [6, 6.07) is 4.24. The Kier molecular flexibility index (Phi) is 4.53. The Morgan fingerprint density at radius 1 is 1.24 bits per heavy atom. The van der Waals surface area contributed by atoms with Gasteiger partial charge in [0.1, 0.15) is 0 Å². The maximum absolute atomic E-state index is 12.5. The summed E-state index contributed by atoms with van der Waals surface area (Å²) in [4.78, 5) is 15.8. The van der Waals surface area contributed by atoms with Crippen LogP contribution in [-0.4, -0.2) is 10.9 Å². The molecule has 0 saturated heterocycles. The number of amides is 1. The Labute approximate surface area is 131 Å². The first-order chi connectivity index (χ1) is 9.77. The SMILES string of the molecule is O=C(Nc1ccc(C(F)(F)F)cc1Cl)c1cncc(Br)c1. The number of pyridine rings is 1. The Morgan fingerprint density at radius 3 is 2.52 bits per heavy atom. The van der Waals surface area contributed by atoms with Crippen LogP contribution in [0.3, 0.4) is 0 Å². The normalized spacial score (nSPS) is 11.3. The van der Waals surface area contributed by atoms with Gasteiger partial charge in [0.2, 0.25) is 0 Å². The third-order valence-electron chi connectivity index (χ3n) is 2.51. The van der Waals surface area contributed by atoms with E-state index in [9.17, 15) is 18.0 Å². The monoisotopic (exact) mass is 378 g/mol. The number of hydrogen-bond donors (Lipinski definition) is 1. The Morgan fingerprint density at radius 2 is 1.95 bits per heavy atom. The fourth-order valence-electron chi connectivity index (χ4n) is 1.52. The van der Waals surface area contributed by atoms with Gasteiger partial charge < -0.3 is 5.32 Å². The molecule has 3 nitrogen and oxygen atoms in total. The van der Waals surface area contributed by atoms with E-state index in [0.29, 0.717) is 4.47 Å². The topological polar surface area (TPSA) is 42.0 Å². The molecule has 0 unspecified atom stereocenters. The van der Waals surface area contributed by atoms with Gasteiger partial charge in [-0.15, -0.1) is 0 Å². The molecule has 110 valence electrons. The van der Waals surface area contributed by atoms with Gasteiger partial charge in [0.15, 0.2) is 0 Å². The van der Waals surface area contributed by atoms with Crippen LogP contribution in [0.25, 0.3) is 0 Å². The van der Waals surface area contributed by atoms with Crippen molar-refractivity contribution in [2.24, 2.45) is 0 Å². The number of aromatic nitrogens is 1. The van der Waals surface area contributed by atoms with Crippen molar-refractivity contribution in [3.8, 4) is 0 Å². The lowest BCUT2D eigenvalue weighted by molar-refractivity contribution is -0.137. The molecule has 21 heavy (non-hydrogen) atoms. The van der Waals surface area contributed by atoms with Crippen molar-refractivity contribution >= 4 is 39.1 Å².